The standard InChI is InChI=1S/C18H22BrNO5S/c1-5-25-17-8-6-13(10-18(17)24-4)12-20(2)26(21,22)14-7-9-16(23-3)15(19)11-14/h6-11H,5,12H2,1-4H3. The van der Waals surface area contributed by atoms with Gasteiger partial charge in [0.2, 0.25) is 10.0 Å². The van der Waals surface area contributed by atoms with Crippen LogP contribution in [0.25, 0.3) is 0 Å². The predicted molar refractivity (Wildman–Crippen MR) is 104 cm³/mol. The molecule has 0 aliphatic carbocycles. The van der Waals surface area contributed by atoms with Gasteiger partial charge in [0.15, 0.2) is 11.5 Å². The maximum atomic E-state index is 12.8. The van der Waals surface area contributed by atoms with Crippen LogP contribution >= 0.6 is 15.9 Å². The third kappa shape index (κ3) is 4.49. The molecule has 0 aliphatic heterocycles. The molecule has 8 heteroatoms. The van der Waals surface area contributed by atoms with Crippen LogP contribution in [0.1, 0.15) is 12.5 Å². The third-order valence-electron chi connectivity index (χ3n) is 3.76. The highest BCUT2D eigenvalue weighted by atomic mass is 79.9. The van der Waals surface area contributed by atoms with Gasteiger partial charge in [0.1, 0.15) is 5.75 Å². The van der Waals surface area contributed by atoms with E-state index < -0.39 is 10.0 Å². The summed E-state index contributed by atoms with van der Waals surface area (Å²) < 4.78 is 43.5. The number of sulfonamides is 1. The quantitative estimate of drug-likeness (QED) is 0.622. The van der Waals surface area contributed by atoms with Crippen molar-refractivity contribution >= 4 is 26.0 Å². The molecular formula is C18H22BrNO5S. The Morgan fingerprint density at radius 1 is 1.00 bits per heavy atom. The van der Waals surface area contributed by atoms with Gasteiger partial charge in [-0.05, 0) is 58.7 Å². The molecule has 0 aromatic heterocycles. The van der Waals surface area contributed by atoms with E-state index in [0.717, 1.165) is 5.56 Å². The highest BCUT2D eigenvalue weighted by Gasteiger charge is 2.22. The second kappa shape index (κ2) is 8.75. The molecule has 142 valence electrons. The summed E-state index contributed by atoms with van der Waals surface area (Å²) in [6.07, 6.45) is 0. The molecule has 0 aliphatic rings. The lowest BCUT2D eigenvalue weighted by Crippen LogP contribution is -2.26. The first-order valence-electron chi connectivity index (χ1n) is 7.93. The summed E-state index contributed by atoms with van der Waals surface area (Å²) in [5.41, 5.74) is 0.795. The van der Waals surface area contributed by atoms with Crippen molar-refractivity contribution in [1.29, 1.82) is 0 Å². The van der Waals surface area contributed by atoms with Crippen LogP contribution in [0, 0.1) is 0 Å². The molecule has 0 saturated carbocycles. The summed E-state index contributed by atoms with van der Waals surface area (Å²) in [5.74, 6) is 1.77. The Balaban J connectivity index is 2.25. The molecule has 0 spiro atoms. The second-order valence-corrected chi connectivity index (χ2v) is 8.37. The maximum absolute atomic E-state index is 12.8. The van der Waals surface area contributed by atoms with Gasteiger partial charge in [-0.3, -0.25) is 0 Å². The van der Waals surface area contributed by atoms with Crippen molar-refractivity contribution < 1.29 is 22.6 Å². The predicted octanol–water partition coefficient (Wildman–Crippen LogP) is 3.69. The van der Waals surface area contributed by atoms with Crippen molar-refractivity contribution in [3.8, 4) is 17.2 Å². The first kappa shape index (κ1) is 20.5. The minimum absolute atomic E-state index is 0.186. The van der Waals surface area contributed by atoms with Crippen molar-refractivity contribution in [2.45, 2.75) is 18.4 Å². The van der Waals surface area contributed by atoms with Gasteiger partial charge in [-0.25, -0.2) is 8.42 Å². The van der Waals surface area contributed by atoms with Crippen molar-refractivity contribution in [2.24, 2.45) is 0 Å². The monoisotopic (exact) mass is 443 g/mol. The molecular weight excluding hydrogens is 422 g/mol. The Labute approximate surface area is 162 Å². The average molecular weight is 444 g/mol. The molecule has 0 radical (unpaired) electrons. The molecule has 2 aromatic rings. The number of methoxy groups -OCH3 is 2. The van der Waals surface area contributed by atoms with E-state index in [2.05, 4.69) is 15.9 Å². The molecule has 0 fully saturated rings. The van der Waals surface area contributed by atoms with Crippen molar-refractivity contribution in [1.82, 2.24) is 4.31 Å². The fraction of sp³-hybridized carbons (Fsp3) is 0.333. The molecule has 0 heterocycles. The molecule has 0 saturated heterocycles. The van der Waals surface area contributed by atoms with Gasteiger partial charge < -0.3 is 14.2 Å². The van der Waals surface area contributed by atoms with Crippen LogP contribution in [0.2, 0.25) is 0 Å². The van der Waals surface area contributed by atoms with E-state index in [-0.39, 0.29) is 11.4 Å². The van der Waals surface area contributed by atoms with E-state index in [1.165, 1.54) is 30.6 Å². The molecule has 0 N–H and O–H groups in total. The topological polar surface area (TPSA) is 65.1 Å². The van der Waals surface area contributed by atoms with Crippen LogP contribution < -0.4 is 14.2 Å². The second-order valence-electron chi connectivity index (χ2n) is 5.48. The summed E-state index contributed by atoms with van der Waals surface area (Å²) in [6, 6.07) is 10.1. The van der Waals surface area contributed by atoms with E-state index >= 15 is 0 Å². The van der Waals surface area contributed by atoms with E-state index in [4.69, 9.17) is 14.2 Å². The molecule has 0 amide bonds. The smallest absolute Gasteiger partial charge is 0.243 e. The molecule has 0 atom stereocenters. The number of benzene rings is 2. The van der Waals surface area contributed by atoms with Gasteiger partial charge in [-0.1, -0.05) is 6.07 Å². The molecule has 2 rings (SSSR count). The zero-order valence-corrected chi connectivity index (χ0v) is 17.6. The fourth-order valence-electron chi connectivity index (χ4n) is 2.41. The van der Waals surface area contributed by atoms with E-state index in [9.17, 15) is 8.42 Å². The molecule has 26 heavy (non-hydrogen) atoms. The third-order valence-corrected chi connectivity index (χ3v) is 6.18. The van der Waals surface area contributed by atoms with Crippen LogP contribution in [0.15, 0.2) is 45.8 Å². The van der Waals surface area contributed by atoms with Crippen LogP contribution in [0.5, 0.6) is 17.2 Å². The summed E-state index contributed by atoms with van der Waals surface area (Å²) in [5, 5.41) is 0. The first-order chi connectivity index (χ1) is 12.3. The number of nitrogens with zero attached hydrogens (tertiary/aromatic N) is 1. The van der Waals surface area contributed by atoms with Crippen LogP contribution in [-0.2, 0) is 16.6 Å². The summed E-state index contributed by atoms with van der Waals surface area (Å²) >= 11 is 3.32. The molecule has 6 nitrogen and oxygen atoms in total. The minimum Gasteiger partial charge on any atom is -0.496 e. The SMILES string of the molecule is CCOc1ccc(CN(C)S(=O)(=O)c2ccc(OC)c(Br)c2)cc1OC. The maximum Gasteiger partial charge on any atom is 0.243 e. The highest BCUT2D eigenvalue weighted by molar-refractivity contribution is 9.10. The van der Waals surface area contributed by atoms with Crippen LogP contribution in [-0.4, -0.2) is 40.6 Å². The Morgan fingerprint density at radius 3 is 2.23 bits per heavy atom. The Hall–Kier alpha value is -1.77. The van der Waals surface area contributed by atoms with E-state index in [1.807, 2.05) is 13.0 Å². The van der Waals surface area contributed by atoms with E-state index in [1.54, 1.807) is 25.3 Å². The lowest BCUT2D eigenvalue weighted by Gasteiger charge is -2.19. The van der Waals surface area contributed by atoms with E-state index in [0.29, 0.717) is 28.3 Å². The Morgan fingerprint density at radius 2 is 1.65 bits per heavy atom. The van der Waals surface area contributed by atoms with Crippen molar-refractivity contribution in [3.63, 3.8) is 0 Å². The van der Waals surface area contributed by atoms with Crippen molar-refractivity contribution in [2.75, 3.05) is 27.9 Å². The fourth-order valence-corrected chi connectivity index (χ4v) is 4.29. The molecule has 0 unspecified atom stereocenters. The lowest BCUT2D eigenvalue weighted by atomic mass is 10.2. The first-order valence-corrected chi connectivity index (χ1v) is 10.2. The normalized spacial score (nSPS) is 11.5. The van der Waals surface area contributed by atoms with Gasteiger partial charge >= 0.3 is 0 Å². The number of hydrogen-bond acceptors (Lipinski definition) is 5. The van der Waals surface area contributed by atoms with Gasteiger partial charge in [0.25, 0.3) is 0 Å². The number of halogens is 1. The summed E-state index contributed by atoms with van der Waals surface area (Å²) in [4.78, 5) is 0.186. The molecule has 2 aromatic carbocycles. The minimum atomic E-state index is -3.65. The lowest BCUT2D eigenvalue weighted by molar-refractivity contribution is 0.310. The zero-order chi connectivity index (χ0) is 19.3. The largest absolute Gasteiger partial charge is 0.496 e. The number of ether oxygens (including phenoxy) is 3. The van der Waals surface area contributed by atoms with Crippen molar-refractivity contribution in [3.05, 3.63) is 46.4 Å². The number of rotatable bonds is 8. The Bertz CT molecular complexity index is 870. The summed E-state index contributed by atoms with van der Waals surface area (Å²) in [7, 11) is 0.969. The average Bonchev–Trinajstić information content (AvgIpc) is 2.62. The van der Waals surface area contributed by atoms with Gasteiger partial charge in [0, 0.05) is 13.6 Å². The summed E-state index contributed by atoms with van der Waals surface area (Å²) in [6.45, 7) is 2.62. The Kier molecular flexibility index (Phi) is 6.91. The van der Waals surface area contributed by atoms with Gasteiger partial charge in [-0.2, -0.15) is 4.31 Å². The van der Waals surface area contributed by atoms with Gasteiger partial charge in [-0.15, -0.1) is 0 Å². The van der Waals surface area contributed by atoms with Crippen LogP contribution in [0.4, 0.5) is 0 Å². The zero-order valence-electron chi connectivity index (χ0n) is 15.2. The highest BCUT2D eigenvalue weighted by Crippen LogP contribution is 2.31. The number of hydrogen-bond donors (Lipinski definition) is 0. The van der Waals surface area contributed by atoms with Crippen LogP contribution in [0.3, 0.4) is 0 Å². The molecule has 0 bridgehead atoms. The van der Waals surface area contributed by atoms with Gasteiger partial charge in [0.05, 0.1) is 30.2 Å².